The molecule has 0 atom stereocenters. The van der Waals surface area contributed by atoms with Crippen LogP contribution in [0.3, 0.4) is 0 Å². The number of para-hydroxylation sites is 2. The molecule has 0 bridgehead atoms. The van der Waals surface area contributed by atoms with Gasteiger partial charge in [0.25, 0.3) is 0 Å². The van der Waals surface area contributed by atoms with Gasteiger partial charge in [-0.1, -0.05) is 103 Å². The van der Waals surface area contributed by atoms with Gasteiger partial charge in [-0.2, -0.15) is 0 Å². The van der Waals surface area contributed by atoms with Crippen LogP contribution in [0.4, 0.5) is 0 Å². The quantitative estimate of drug-likeness (QED) is 0.278. The van der Waals surface area contributed by atoms with Crippen molar-refractivity contribution in [2.75, 3.05) is 0 Å². The Morgan fingerprint density at radius 3 is 1.47 bits per heavy atom. The third-order valence-electron chi connectivity index (χ3n) is 6.24. The van der Waals surface area contributed by atoms with Crippen molar-refractivity contribution in [3.05, 3.63) is 139 Å². The van der Waals surface area contributed by atoms with Crippen molar-refractivity contribution in [3.8, 4) is 16.8 Å². The SMILES string of the molecule is c1ccc(-c2ccc(Cc3ccc(-n4c5ccccc5c5ccccc54)cc3)cc2)cc1. The van der Waals surface area contributed by atoms with Crippen LogP contribution in [0.1, 0.15) is 11.1 Å². The summed E-state index contributed by atoms with van der Waals surface area (Å²) in [5.74, 6) is 0. The van der Waals surface area contributed by atoms with E-state index in [9.17, 15) is 0 Å². The molecule has 0 saturated carbocycles. The van der Waals surface area contributed by atoms with Gasteiger partial charge in [0.05, 0.1) is 11.0 Å². The zero-order chi connectivity index (χ0) is 21.3. The Labute approximate surface area is 188 Å². The fraction of sp³-hybridized carbons (Fsp3) is 0.0323. The summed E-state index contributed by atoms with van der Waals surface area (Å²) >= 11 is 0. The van der Waals surface area contributed by atoms with Crippen molar-refractivity contribution >= 4 is 21.8 Å². The van der Waals surface area contributed by atoms with E-state index in [1.54, 1.807) is 0 Å². The number of nitrogens with zero attached hydrogens (tertiary/aromatic N) is 1. The van der Waals surface area contributed by atoms with Gasteiger partial charge in [-0.15, -0.1) is 0 Å². The number of rotatable bonds is 4. The molecule has 0 saturated heterocycles. The second kappa shape index (κ2) is 7.86. The lowest BCUT2D eigenvalue weighted by Crippen LogP contribution is -1.95. The predicted molar refractivity (Wildman–Crippen MR) is 135 cm³/mol. The third kappa shape index (κ3) is 3.29. The topological polar surface area (TPSA) is 4.93 Å². The number of hydrogen-bond acceptors (Lipinski definition) is 0. The molecular formula is C31H23N. The minimum Gasteiger partial charge on any atom is -0.309 e. The fourth-order valence-corrected chi connectivity index (χ4v) is 4.64. The third-order valence-corrected chi connectivity index (χ3v) is 6.24. The van der Waals surface area contributed by atoms with E-state index in [1.807, 2.05) is 0 Å². The van der Waals surface area contributed by atoms with Crippen LogP contribution in [-0.4, -0.2) is 4.57 Å². The van der Waals surface area contributed by atoms with Crippen LogP contribution in [-0.2, 0) is 6.42 Å². The molecule has 0 aliphatic rings. The smallest absolute Gasteiger partial charge is 0.0541 e. The summed E-state index contributed by atoms with van der Waals surface area (Å²) in [4.78, 5) is 0. The Morgan fingerprint density at radius 1 is 0.406 bits per heavy atom. The summed E-state index contributed by atoms with van der Waals surface area (Å²) in [5, 5.41) is 2.59. The van der Waals surface area contributed by atoms with Gasteiger partial charge in [0.1, 0.15) is 0 Å². The second-order valence-corrected chi connectivity index (χ2v) is 8.28. The summed E-state index contributed by atoms with van der Waals surface area (Å²) in [6, 6.07) is 45.7. The second-order valence-electron chi connectivity index (χ2n) is 8.28. The summed E-state index contributed by atoms with van der Waals surface area (Å²) in [7, 11) is 0. The molecule has 0 amide bonds. The summed E-state index contributed by atoms with van der Waals surface area (Å²) in [6.45, 7) is 0. The van der Waals surface area contributed by atoms with E-state index in [0.717, 1.165) is 6.42 Å². The molecule has 6 rings (SSSR count). The fourth-order valence-electron chi connectivity index (χ4n) is 4.64. The van der Waals surface area contributed by atoms with Gasteiger partial charge in [0.2, 0.25) is 0 Å². The number of benzene rings is 5. The minimum absolute atomic E-state index is 0.933. The van der Waals surface area contributed by atoms with E-state index < -0.39 is 0 Å². The first-order chi connectivity index (χ1) is 15.9. The van der Waals surface area contributed by atoms with E-state index in [2.05, 4.69) is 132 Å². The summed E-state index contributed by atoms with van der Waals surface area (Å²) in [5.41, 5.74) is 8.86. The van der Waals surface area contributed by atoms with E-state index >= 15 is 0 Å². The molecule has 1 heteroatoms. The summed E-state index contributed by atoms with van der Waals surface area (Å²) < 4.78 is 2.36. The van der Waals surface area contributed by atoms with Gasteiger partial charge in [-0.3, -0.25) is 0 Å². The van der Waals surface area contributed by atoms with Gasteiger partial charge in [-0.05, 0) is 52.9 Å². The molecule has 1 aromatic heterocycles. The maximum Gasteiger partial charge on any atom is 0.0541 e. The van der Waals surface area contributed by atoms with Crippen LogP contribution in [0.25, 0.3) is 38.6 Å². The lowest BCUT2D eigenvalue weighted by Gasteiger charge is -2.10. The van der Waals surface area contributed by atoms with Crippen LogP contribution < -0.4 is 0 Å². The number of aromatic nitrogens is 1. The van der Waals surface area contributed by atoms with E-state index in [1.165, 1.54) is 49.7 Å². The number of fused-ring (bicyclic) bond motifs is 3. The molecule has 0 N–H and O–H groups in total. The van der Waals surface area contributed by atoms with Crippen molar-refractivity contribution in [2.45, 2.75) is 6.42 Å². The molecule has 0 aliphatic heterocycles. The molecule has 0 spiro atoms. The zero-order valence-corrected chi connectivity index (χ0v) is 17.8. The lowest BCUT2D eigenvalue weighted by molar-refractivity contribution is 1.15. The van der Waals surface area contributed by atoms with Gasteiger partial charge in [-0.25, -0.2) is 0 Å². The highest BCUT2D eigenvalue weighted by molar-refractivity contribution is 6.09. The van der Waals surface area contributed by atoms with Crippen LogP contribution in [0.2, 0.25) is 0 Å². The minimum atomic E-state index is 0.933. The highest BCUT2D eigenvalue weighted by Gasteiger charge is 2.11. The largest absolute Gasteiger partial charge is 0.309 e. The van der Waals surface area contributed by atoms with Gasteiger partial charge >= 0.3 is 0 Å². The average molecular weight is 410 g/mol. The lowest BCUT2D eigenvalue weighted by atomic mass is 10.0. The monoisotopic (exact) mass is 409 g/mol. The first kappa shape index (κ1) is 18.7. The Bertz CT molecular complexity index is 1450. The van der Waals surface area contributed by atoms with Gasteiger partial charge in [0.15, 0.2) is 0 Å². The van der Waals surface area contributed by atoms with Crippen molar-refractivity contribution in [1.82, 2.24) is 4.57 Å². The Balaban J connectivity index is 1.30. The standard InChI is InChI=1S/C31H23N/c1-2-8-25(9-3-1)26-18-14-23(15-19-26)22-24-16-20-27(21-17-24)32-30-12-6-4-10-28(30)29-11-5-7-13-31(29)32/h1-21H,22H2. The van der Waals surface area contributed by atoms with Crippen molar-refractivity contribution in [1.29, 1.82) is 0 Å². The molecule has 0 unspecified atom stereocenters. The van der Waals surface area contributed by atoms with Crippen molar-refractivity contribution in [3.63, 3.8) is 0 Å². The van der Waals surface area contributed by atoms with Gasteiger partial charge < -0.3 is 4.57 Å². The molecule has 152 valence electrons. The van der Waals surface area contributed by atoms with E-state index in [0.29, 0.717) is 0 Å². The Hall–Kier alpha value is -4.10. The molecule has 1 nitrogen and oxygen atoms in total. The molecule has 5 aromatic carbocycles. The molecule has 6 aromatic rings. The molecule has 1 heterocycles. The van der Waals surface area contributed by atoms with E-state index in [4.69, 9.17) is 0 Å². The van der Waals surface area contributed by atoms with Crippen LogP contribution in [0, 0.1) is 0 Å². The average Bonchev–Trinajstić information content (AvgIpc) is 3.20. The first-order valence-corrected chi connectivity index (χ1v) is 11.1. The first-order valence-electron chi connectivity index (χ1n) is 11.1. The van der Waals surface area contributed by atoms with Crippen LogP contribution in [0.5, 0.6) is 0 Å². The van der Waals surface area contributed by atoms with Crippen molar-refractivity contribution < 1.29 is 0 Å². The highest BCUT2D eigenvalue weighted by Crippen LogP contribution is 2.31. The highest BCUT2D eigenvalue weighted by atomic mass is 15.0. The van der Waals surface area contributed by atoms with E-state index in [-0.39, 0.29) is 0 Å². The molecule has 0 aliphatic carbocycles. The molecule has 0 fully saturated rings. The maximum absolute atomic E-state index is 2.36. The van der Waals surface area contributed by atoms with Crippen LogP contribution in [0.15, 0.2) is 127 Å². The zero-order valence-electron chi connectivity index (χ0n) is 17.8. The van der Waals surface area contributed by atoms with Crippen LogP contribution >= 0.6 is 0 Å². The molecule has 0 radical (unpaired) electrons. The maximum atomic E-state index is 2.36. The number of hydrogen-bond donors (Lipinski definition) is 0. The molecule has 32 heavy (non-hydrogen) atoms. The predicted octanol–water partition coefficient (Wildman–Crippen LogP) is 8.04. The normalized spacial score (nSPS) is 11.2. The summed E-state index contributed by atoms with van der Waals surface area (Å²) in [6.07, 6.45) is 0.933. The molecular weight excluding hydrogens is 386 g/mol. The Morgan fingerprint density at radius 2 is 0.875 bits per heavy atom. The Kier molecular flexibility index (Phi) is 4.58. The van der Waals surface area contributed by atoms with Gasteiger partial charge in [0, 0.05) is 16.5 Å². The van der Waals surface area contributed by atoms with Crippen molar-refractivity contribution in [2.24, 2.45) is 0 Å².